The predicted molar refractivity (Wildman–Crippen MR) is 83.8 cm³/mol. The third-order valence-corrected chi connectivity index (χ3v) is 3.98. The van der Waals surface area contributed by atoms with Gasteiger partial charge in [0.25, 0.3) is 0 Å². The minimum atomic E-state index is 0.574. The predicted octanol–water partition coefficient (Wildman–Crippen LogP) is 2.85. The summed E-state index contributed by atoms with van der Waals surface area (Å²) >= 11 is 0. The molecule has 1 aliphatic heterocycles. The molecule has 0 spiro atoms. The van der Waals surface area contributed by atoms with E-state index in [0.29, 0.717) is 12.0 Å². The molecule has 2 rings (SSSR count). The highest BCUT2D eigenvalue weighted by Crippen LogP contribution is 2.25. The molecule has 112 valence electrons. The summed E-state index contributed by atoms with van der Waals surface area (Å²) in [6, 6.07) is 4.79. The summed E-state index contributed by atoms with van der Waals surface area (Å²) in [5.41, 5.74) is 1.02. The van der Waals surface area contributed by atoms with E-state index in [0.717, 1.165) is 37.1 Å². The fraction of sp³-hybridized carbons (Fsp3) is 0.750. The molecule has 1 aromatic rings. The number of rotatable bonds is 5. The molecule has 1 aromatic heterocycles. The molecular weight excluding hydrogens is 248 g/mol. The molecule has 4 nitrogen and oxygen atoms in total. The van der Waals surface area contributed by atoms with Crippen LogP contribution in [0.25, 0.3) is 0 Å². The van der Waals surface area contributed by atoms with Crippen LogP contribution in [0, 0.1) is 11.8 Å². The molecule has 2 unspecified atom stereocenters. The second-order valence-electron chi connectivity index (χ2n) is 6.59. The van der Waals surface area contributed by atoms with Crippen molar-refractivity contribution in [3.8, 4) is 0 Å². The maximum Gasteiger partial charge on any atom is 0.151 e. The number of anilines is 1. The number of nitrogens with one attached hydrogen (secondary N) is 1. The molecule has 0 bridgehead atoms. The average Bonchev–Trinajstić information content (AvgIpc) is 2.42. The van der Waals surface area contributed by atoms with Crippen LogP contribution in [0.5, 0.6) is 0 Å². The maximum absolute atomic E-state index is 4.42. The van der Waals surface area contributed by atoms with Crippen LogP contribution in [0.2, 0.25) is 0 Å². The van der Waals surface area contributed by atoms with Gasteiger partial charge < -0.3 is 10.2 Å². The Bertz CT molecular complexity index is 401. The van der Waals surface area contributed by atoms with E-state index in [1.165, 1.54) is 12.8 Å². The minimum absolute atomic E-state index is 0.574. The first-order chi connectivity index (χ1) is 9.56. The molecule has 1 saturated heterocycles. The van der Waals surface area contributed by atoms with Gasteiger partial charge in [0, 0.05) is 19.1 Å². The molecule has 1 aliphatic rings. The van der Waals surface area contributed by atoms with E-state index in [-0.39, 0.29) is 0 Å². The third kappa shape index (κ3) is 4.17. The Morgan fingerprint density at radius 1 is 1.25 bits per heavy atom. The second kappa shape index (κ2) is 7.02. The lowest BCUT2D eigenvalue weighted by atomic mass is 9.95. The normalized spacial score (nSPS) is 23.4. The summed E-state index contributed by atoms with van der Waals surface area (Å²) in [7, 11) is 0. The molecule has 20 heavy (non-hydrogen) atoms. The molecular formula is C16H28N4. The van der Waals surface area contributed by atoms with Crippen molar-refractivity contribution in [2.75, 3.05) is 18.0 Å². The first-order valence-corrected chi connectivity index (χ1v) is 7.86. The smallest absolute Gasteiger partial charge is 0.151 e. The number of nitrogens with zero attached hydrogens (tertiary/aromatic N) is 3. The van der Waals surface area contributed by atoms with E-state index in [4.69, 9.17) is 0 Å². The van der Waals surface area contributed by atoms with Gasteiger partial charge >= 0.3 is 0 Å². The zero-order valence-corrected chi connectivity index (χ0v) is 13.3. The van der Waals surface area contributed by atoms with Crippen LogP contribution in [0.4, 0.5) is 5.82 Å². The first-order valence-electron chi connectivity index (χ1n) is 7.86. The number of aromatic nitrogens is 2. The van der Waals surface area contributed by atoms with Crippen molar-refractivity contribution < 1.29 is 0 Å². The standard InChI is InChI=1S/C16H28N4/c1-12(2)9-17-10-15-7-8-16(19-18-15)20-11-13(3)5-6-14(20)4/h7-8,12-14,17H,5-6,9-11H2,1-4H3. The molecule has 1 fully saturated rings. The summed E-state index contributed by atoms with van der Waals surface area (Å²) in [6.07, 6.45) is 2.57. The fourth-order valence-corrected chi connectivity index (χ4v) is 2.70. The monoisotopic (exact) mass is 276 g/mol. The lowest BCUT2D eigenvalue weighted by Gasteiger charge is -2.37. The van der Waals surface area contributed by atoms with Gasteiger partial charge in [-0.05, 0) is 50.3 Å². The van der Waals surface area contributed by atoms with Crippen LogP contribution >= 0.6 is 0 Å². The summed E-state index contributed by atoms with van der Waals surface area (Å²) in [5, 5.41) is 12.2. The van der Waals surface area contributed by atoms with Crippen molar-refractivity contribution in [3.05, 3.63) is 17.8 Å². The van der Waals surface area contributed by atoms with Gasteiger partial charge in [0.05, 0.1) is 5.69 Å². The molecule has 0 aromatic carbocycles. The molecule has 1 N–H and O–H groups in total. The van der Waals surface area contributed by atoms with Gasteiger partial charge in [0.1, 0.15) is 0 Å². The van der Waals surface area contributed by atoms with Crippen molar-refractivity contribution in [2.45, 2.75) is 53.1 Å². The van der Waals surface area contributed by atoms with Crippen molar-refractivity contribution in [2.24, 2.45) is 11.8 Å². The van der Waals surface area contributed by atoms with Gasteiger partial charge in [-0.1, -0.05) is 20.8 Å². The lowest BCUT2D eigenvalue weighted by molar-refractivity contribution is 0.387. The first kappa shape index (κ1) is 15.2. The molecule has 0 amide bonds. The summed E-state index contributed by atoms with van der Waals surface area (Å²) in [4.78, 5) is 2.40. The fourth-order valence-electron chi connectivity index (χ4n) is 2.70. The Kier molecular flexibility index (Phi) is 5.35. The van der Waals surface area contributed by atoms with Crippen molar-refractivity contribution in [1.29, 1.82) is 0 Å². The zero-order chi connectivity index (χ0) is 14.5. The largest absolute Gasteiger partial charge is 0.352 e. The van der Waals surface area contributed by atoms with Crippen molar-refractivity contribution in [1.82, 2.24) is 15.5 Å². The molecule has 4 heteroatoms. The van der Waals surface area contributed by atoms with Gasteiger partial charge in [0.2, 0.25) is 0 Å². The summed E-state index contributed by atoms with van der Waals surface area (Å²) < 4.78 is 0. The van der Waals surface area contributed by atoms with E-state index in [1.54, 1.807) is 0 Å². The van der Waals surface area contributed by atoms with Gasteiger partial charge in [-0.3, -0.25) is 0 Å². The SMILES string of the molecule is CC(C)CNCc1ccc(N2CC(C)CCC2C)nn1. The Hall–Kier alpha value is -1.16. The van der Waals surface area contributed by atoms with Crippen LogP contribution in [0.15, 0.2) is 12.1 Å². The van der Waals surface area contributed by atoms with Crippen LogP contribution in [-0.2, 0) is 6.54 Å². The Morgan fingerprint density at radius 2 is 2.05 bits per heavy atom. The molecule has 0 radical (unpaired) electrons. The van der Waals surface area contributed by atoms with Gasteiger partial charge in [0.15, 0.2) is 5.82 Å². The van der Waals surface area contributed by atoms with E-state index < -0.39 is 0 Å². The average molecular weight is 276 g/mol. The van der Waals surface area contributed by atoms with Crippen LogP contribution in [-0.4, -0.2) is 29.3 Å². The number of hydrogen-bond acceptors (Lipinski definition) is 4. The molecule has 0 saturated carbocycles. The van der Waals surface area contributed by atoms with Crippen LogP contribution in [0.3, 0.4) is 0 Å². The van der Waals surface area contributed by atoms with Gasteiger partial charge in [-0.15, -0.1) is 5.10 Å². The van der Waals surface area contributed by atoms with E-state index in [1.807, 2.05) is 0 Å². The zero-order valence-electron chi connectivity index (χ0n) is 13.3. The summed E-state index contributed by atoms with van der Waals surface area (Å²) in [6.45, 7) is 11.9. The maximum atomic E-state index is 4.42. The quantitative estimate of drug-likeness (QED) is 0.898. The van der Waals surface area contributed by atoms with E-state index in [9.17, 15) is 0 Å². The highest BCUT2D eigenvalue weighted by molar-refractivity contribution is 5.39. The molecule has 2 heterocycles. The third-order valence-electron chi connectivity index (χ3n) is 3.98. The summed E-state index contributed by atoms with van der Waals surface area (Å²) in [5.74, 6) is 2.44. The van der Waals surface area contributed by atoms with Crippen LogP contribution < -0.4 is 10.2 Å². The van der Waals surface area contributed by atoms with Crippen molar-refractivity contribution >= 4 is 5.82 Å². The highest BCUT2D eigenvalue weighted by atomic mass is 15.3. The van der Waals surface area contributed by atoms with Gasteiger partial charge in [-0.2, -0.15) is 5.10 Å². The second-order valence-corrected chi connectivity index (χ2v) is 6.59. The van der Waals surface area contributed by atoms with E-state index in [2.05, 4.69) is 60.2 Å². The molecule has 0 aliphatic carbocycles. The lowest BCUT2D eigenvalue weighted by Crippen LogP contribution is -2.41. The minimum Gasteiger partial charge on any atom is -0.352 e. The Labute approximate surface area is 123 Å². The number of hydrogen-bond donors (Lipinski definition) is 1. The van der Waals surface area contributed by atoms with Crippen molar-refractivity contribution in [3.63, 3.8) is 0 Å². The van der Waals surface area contributed by atoms with E-state index >= 15 is 0 Å². The Morgan fingerprint density at radius 3 is 2.70 bits per heavy atom. The topological polar surface area (TPSA) is 41.0 Å². The highest BCUT2D eigenvalue weighted by Gasteiger charge is 2.24. The van der Waals surface area contributed by atoms with Crippen LogP contribution in [0.1, 0.15) is 46.2 Å². The van der Waals surface area contributed by atoms with Gasteiger partial charge in [-0.25, -0.2) is 0 Å². The number of piperidine rings is 1. The Balaban J connectivity index is 1.93. The molecule has 2 atom stereocenters.